The first-order valence-electron chi connectivity index (χ1n) is 8.44. The first kappa shape index (κ1) is 20.0. The van der Waals surface area contributed by atoms with E-state index < -0.39 is 9.84 Å². The zero-order chi connectivity index (χ0) is 19.2. The highest BCUT2D eigenvalue weighted by Crippen LogP contribution is 2.18. The van der Waals surface area contributed by atoms with Crippen LogP contribution in [0.25, 0.3) is 0 Å². The van der Waals surface area contributed by atoms with Crippen LogP contribution in [0.1, 0.15) is 31.7 Å². The predicted molar refractivity (Wildman–Crippen MR) is 96.8 cm³/mol. The van der Waals surface area contributed by atoms with Crippen LogP contribution in [-0.4, -0.2) is 37.9 Å². The Hall–Kier alpha value is -2.35. The Bertz CT molecular complexity index is 826. The van der Waals surface area contributed by atoms with Gasteiger partial charge < -0.3 is 14.6 Å². The van der Waals surface area contributed by atoms with E-state index in [0.717, 1.165) is 5.69 Å². The molecule has 7 nitrogen and oxygen atoms in total. The second-order valence-corrected chi connectivity index (χ2v) is 8.34. The maximum Gasteiger partial charge on any atom is 0.221 e. The van der Waals surface area contributed by atoms with Crippen LogP contribution < -0.4 is 10.1 Å². The molecule has 2 rings (SSSR count). The van der Waals surface area contributed by atoms with Gasteiger partial charge in [-0.1, -0.05) is 5.16 Å². The van der Waals surface area contributed by atoms with E-state index in [1.54, 1.807) is 25.1 Å². The molecule has 1 aromatic heterocycles. The number of rotatable bonds is 9. The fraction of sp³-hybridized carbons (Fsp3) is 0.444. The molecule has 0 bridgehead atoms. The molecule has 8 heteroatoms. The van der Waals surface area contributed by atoms with Crippen LogP contribution in [0.2, 0.25) is 0 Å². The molecule has 0 radical (unpaired) electrons. The average molecular weight is 380 g/mol. The topological polar surface area (TPSA) is 98.5 Å². The predicted octanol–water partition coefficient (Wildman–Crippen LogP) is 2.29. The number of aryl methyl sites for hydroxylation is 1. The first-order valence-corrected chi connectivity index (χ1v) is 10.1. The summed E-state index contributed by atoms with van der Waals surface area (Å²) < 4.78 is 35.1. The van der Waals surface area contributed by atoms with Gasteiger partial charge in [-0.25, -0.2) is 8.42 Å². The van der Waals surface area contributed by atoms with Gasteiger partial charge in [0.25, 0.3) is 0 Å². The summed E-state index contributed by atoms with van der Waals surface area (Å²) in [6.45, 7) is 5.97. The molecule has 1 N–H and O–H groups in total. The zero-order valence-electron chi connectivity index (χ0n) is 15.2. The maximum absolute atomic E-state index is 12.3. The summed E-state index contributed by atoms with van der Waals surface area (Å²) in [6.07, 6.45) is 0.458. The van der Waals surface area contributed by atoms with Gasteiger partial charge in [0.1, 0.15) is 11.5 Å². The molecule has 0 saturated carbocycles. The van der Waals surface area contributed by atoms with Crippen LogP contribution in [-0.2, 0) is 21.1 Å². The van der Waals surface area contributed by atoms with E-state index in [9.17, 15) is 13.2 Å². The molecule has 0 fully saturated rings. The number of aromatic nitrogens is 1. The van der Waals surface area contributed by atoms with Crippen LogP contribution >= 0.6 is 0 Å². The molecule has 0 aliphatic heterocycles. The molecule has 0 saturated heterocycles. The van der Waals surface area contributed by atoms with Gasteiger partial charge in [0, 0.05) is 25.5 Å². The molecule has 26 heavy (non-hydrogen) atoms. The summed E-state index contributed by atoms with van der Waals surface area (Å²) in [5, 5.41) is 6.52. The molecule has 2 aromatic rings. The first-order chi connectivity index (χ1) is 12.3. The van der Waals surface area contributed by atoms with Crippen molar-refractivity contribution in [3.05, 3.63) is 41.8 Å². The SMILES string of the molecule is Cc1cc(CCNC(=O)CCS(=O)(=O)c2ccc(OC(C)C)cc2)no1. The van der Waals surface area contributed by atoms with Crippen molar-refractivity contribution in [2.45, 2.75) is 44.6 Å². The minimum atomic E-state index is -3.52. The molecule has 0 aliphatic carbocycles. The van der Waals surface area contributed by atoms with Gasteiger partial charge in [-0.2, -0.15) is 0 Å². The number of nitrogens with one attached hydrogen (secondary N) is 1. The highest BCUT2D eigenvalue weighted by Gasteiger charge is 2.16. The van der Waals surface area contributed by atoms with Crippen LogP contribution in [0, 0.1) is 6.92 Å². The summed E-state index contributed by atoms with van der Waals surface area (Å²) >= 11 is 0. The van der Waals surface area contributed by atoms with Crippen molar-refractivity contribution >= 4 is 15.7 Å². The third-order valence-corrected chi connectivity index (χ3v) is 5.26. The molecule has 1 amide bonds. The van der Waals surface area contributed by atoms with Crippen LogP contribution in [0.3, 0.4) is 0 Å². The lowest BCUT2D eigenvalue weighted by molar-refractivity contribution is -0.120. The summed E-state index contributed by atoms with van der Waals surface area (Å²) in [4.78, 5) is 12.0. The van der Waals surface area contributed by atoms with Gasteiger partial charge in [-0.3, -0.25) is 4.79 Å². The number of carbonyl (C=O) groups is 1. The van der Waals surface area contributed by atoms with Crippen LogP contribution in [0.4, 0.5) is 0 Å². The van der Waals surface area contributed by atoms with Crippen molar-refractivity contribution in [2.75, 3.05) is 12.3 Å². The van der Waals surface area contributed by atoms with E-state index in [-0.39, 0.29) is 29.1 Å². The lowest BCUT2D eigenvalue weighted by atomic mass is 10.3. The number of benzene rings is 1. The third-order valence-electron chi connectivity index (χ3n) is 3.53. The van der Waals surface area contributed by atoms with E-state index in [0.29, 0.717) is 24.5 Å². The Labute approximate surface area is 153 Å². The lowest BCUT2D eigenvalue weighted by Gasteiger charge is -2.10. The second kappa shape index (κ2) is 8.84. The third kappa shape index (κ3) is 6.18. The fourth-order valence-corrected chi connectivity index (χ4v) is 3.54. The number of carbonyl (C=O) groups excluding carboxylic acids is 1. The lowest BCUT2D eigenvalue weighted by Crippen LogP contribution is -2.27. The summed E-state index contributed by atoms with van der Waals surface area (Å²) in [5.41, 5.74) is 0.749. The van der Waals surface area contributed by atoms with Crippen LogP contribution in [0.15, 0.2) is 39.8 Å². The molecular formula is C18H24N2O5S. The van der Waals surface area contributed by atoms with Crippen molar-refractivity contribution in [2.24, 2.45) is 0 Å². The summed E-state index contributed by atoms with van der Waals surface area (Å²) in [7, 11) is -3.52. The highest BCUT2D eigenvalue weighted by molar-refractivity contribution is 7.91. The van der Waals surface area contributed by atoms with Gasteiger partial charge in [-0.05, 0) is 45.0 Å². The molecule has 0 atom stereocenters. The van der Waals surface area contributed by atoms with Gasteiger partial charge >= 0.3 is 0 Å². The van der Waals surface area contributed by atoms with Crippen LogP contribution in [0.5, 0.6) is 5.75 Å². The van der Waals surface area contributed by atoms with Gasteiger partial charge in [0.15, 0.2) is 9.84 Å². The summed E-state index contributed by atoms with van der Waals surface area (Å²) in [5.74, 6) is 0.766. The largest absolute Gasteiger partial charge is 0.491 e. The Kier molecular flexibility index (Phi) is 6.79. The standard InChI is InChI=1S/C18H24N2O5S/c1-13(2)24-16-4-6-17(7-5-16)26(22,23)11-9-18(21)19-10-8-15-12-14(3)25-20-15/h4-7,12-13H,8-11H2,1-3H3,(H,19,21). The number of hydrogen-bond donors (Lipinski definition) is 1. The fourth-order valence-electron chi connectivity index (χ4n) is 2.30. The Balaban J connectivity index is 1.80. The molecule has 142 valence electrons. The van der Waals surface area contributed by atoms with E-state index in [4.69, 9.17) is 9.26 Å². The van der Waals surface area contributed by atoms with Gasteiger partial charge in [-0.15, -0.1) is 0 Å². The molecule has 0 aliphatic rings. The number of ether oxygens (including phenoxy) is 1. The Morgan fingerprint density at radius 3 is 2.54 bits per heavy atom. The molecule has 0 spiro atoms. The number of amides is 1. The van der Waals surface area contributed by atoms with E-state index in [1.165, 1.54) is 12.1 Å². The number of nitrogens with zero attached hydrogens (tertiary/aromatic N) is 1. The van der Waals surface area contributed by atoms with Gasteiger partial charge in [0.2, 0.25) is 5.91 Å². The van der Waals surface area contributed by atoms with E-state index in [1.807, 2.05) is 13.8 Å². The average Bonchev–Trinajstić information content (AvgIpc) is 2.98. The van der Waals surface area contributed by atoms with Gasteiger partial charge in [0.05, 0.1) is 22.4 Å². The Morgan fingerprint density at radius 1 is 1.27 bits per heavy atom. The minimum Gasteiger partial charge on any atom is -0.491 e. The van der Waals surface area contributed by atoms with E-state index in [2.05, 4.69) is 10.5 Å². The number of sulfone groups is 1. The monoisotopic (exact) mass is 380 g/mol. The molecular weight excluding hydrogens is 356 g/mol. The van der Waals surface area contributed by atoms with Crippen molar-refractivity contribution in [3.63, 3.8) is 0 Å². The zero-order valence-corrected chi connectivity index (χ0v) is 16.0. The smallest absolute Gasteiger partial charge is 0.221 e. The quantitative estimate of drug-likeness (QED) is 0.717. The highest BCUT2D eigenvalue weighted by atomic mass is 32.2. The minimum absolute atomic E-state index is 0.0160. The van der Waals surface area contributed by atoms with E-state index >= 15 is 0 Å². The maximum atomic E-state index is 12.3. The normalized spacial score (nSPS) is 11.5. The second-order valence-electron chi connectivity index (χ2n) is 6.24. The van der Waals surface area contributed by atoms with Crippen molar-refractivity contribution in [1.82, 2.24) is 10.5 Å². The van der Waals surface area contributed by atoms with Crippen molar-refractivity contribution in [1.29, 1.82) is 0 Å². The Morgan fingerprint density at radius 2 is 1.96 bits per heavy atom. The van der Waals surface area contributed by atoms with Crippen molar-refractivity contribution in [3.8, 4) is 5.75 Å². The molecule has 0 unspecified atom stereocenters. The number of hydrogen-bond acceptors (Lipinski definition) is 6. The summed E-state index contributed by atoms with van der Waals surface area (Å²) in [6, 6.07) is 8.03. The molecule has 1 aromatic carbocycles. The van der Waals surface area contributed by atoms with Crippen molar-refractivity contribution < 1.29 is 22.5 Å². The molecule has 1 heterocycles.